The second-order valence-electron chi connectivity index (χ2n) is 4.13. The maximum Gasteiger partial charge on any atom is 0.141 e. The van der Waals surface area contributed by atoms with Crippen LogP contribution in [0.1, 0.15) is 17.2 Å². The van der Waals surface area contributed by atoms with Crippen LogP contribution in [0.4, 0.5) is 8.78 Å². The molecule has 0 amide bonds. The Balaban J connectivity index is 2.20. The second kappa shape index (κ2) is 6.15. The van der Waals surface area contributed by atoms with Gasteiger partial charge in [0.2, 0.25) is 0 Å². The van der Waals surface area contributed by atoms with Gasteiger partial charge < -0.3 is 5.11 Å². The summed E-state index contributed by atoms with van der Waals surface area (Å²) in [5.41, 5.74) is 1.36. The molecule has 2 rings (SSSR count). The van der Waals surface area contributed by atoms with E-state index in [-0.39, 0.29) is 10.8 Å². The molecule has 1 atom stereocenters. The SMILES string of the molecule is OC(Cc1ccc(F)c(Cl)c1)c1ccc(F)cc1I. The van der Waals surface area contributed by atoms with Crippen LogP contribution >= 0.6 is 34.2 Å². The quantitative estimate of drug-likeness (QED) is 0.760. The van der Waals surface area contributed by atoms with E-state index in [0.717, 1.165) is 5.56 Å². The van der Waals surface area contributed by atoms with E-state index in [2.05, 4.69) is 0 Å². The summed E-state index contributed by atoms with van der Waals surface area (Å²) < 4.78 is 26.7. The maximum atomic E-state index is 13.0. The van der Waals surface area contributed by atoms with E-state index in [1.165, 1.54) is 24.3 Å². The van der Waals surface area contributed by atoms with Crippen LogP contribution in [0.5, 0.6) is 0 Å². The summed E-state index contributed by atoms with van der Waals surface area (Å²) in [5, 5.41) is 10.2. The Hall–Kier alpha value is -0.720. The van der Waals surface area contributed by atoms with Gasteiger partial charge in [-0.3, -0.25) is 0 Å². The minimum absolute atomic E-state index is 0.0264. The summed E-state index contributed by atoms with van der Waals surface area (Å²) in [5.74, 6) is -0.832. The van der Waals surface area contributed by atoms with Crippen molar-refractivity contribution in [3.05, 3.63) is 67.8 Å². The third kappa shape index (κ3) is 3.64. The first kappa shape index (κ1) is 14.7. The molecule has 2 aromatic rings. The van der Waals surface area contributed by atoms with Gasteiger partial charge in [0.05, 0.1) is 11.1 Å². The van der Waals surface area contributed by atoms with Crippen LogP contribution in [0.3, 0.4) is 0 Å². The molecule has 0 aliphatic heterocycles. The second-order valence-corrected chi connectivity index (χ2v) is 5.70. The third-order valence-electron chi connectivity index (χ3n) is 2.73. The number of benzene rings is 2. The van der Waals surface area contributed by atoms with Crippen molar-refractivity contribution >= 4 is 34.2 Å². The normalized spacial score (nSPS) is 12.5. The van der Waals surface area contributed by atoms with Gasteiger partial charge in [-0.1, -0.05) is 23.7 Å². The molecule has 0 spiro atoms. The summed E-state index contributed by atoms with van der Waals surface area (Å²) in [6.45, 7) is 0. The van der Waals surface area contributed by atoms with Crippen LogP contribution in [0.25, 0.3) is 0 Å². The fourth-order valence-corrected chi connectivity index (χ4v) is 2.81. The lowest BCUT2D eigenvalue weighted by Gasteiger charge is -2.13. The van der Waals surface area contributed by atoms with E-state index in [9.17, 15) is 13.9 Å². The van der Waals surface area contributed by atoms with Crippen molar-refractivity contribution in [2.24, 2.45) is 0 Å². The zero-order valence-electron chi connectivity index (χ0n) is 9.71. The third-order valence-corrected chi connectivity index (χ3v) is 3.96. The topological polar surface area (TPSA) is 20.2 Å². The summed E-state index contributed by atoms with van der Waals surface area (Å²) >= 11 is 7.66. The predicted octanol–water partition coefficient (Wildman–Crippen LogP) is 4.50. The van der Waals surface area contributed by atoms with Crippen LogP contribution in [-0.2, 0) is 6.42 Å². The zero-order valence-corrected chi connectivity index (χ0v) is 12.6. The van der Waals surface area contributed by atoms with Crippen molar-refractivity contribution in [1.82, 2.24) is 0 Å². The Morgan fingerprint density at radius 3 is 2.53 bits per heavy atom. The lowest BCUT2D eigenvalue weighted by Crippen LogP contribution is -2.04. The molecule has 19 heavy (non-hydrogen) atoms. The van der Waals surface area contributed by atoms with Gasteiger partial charge in [-0.25, -0.2) is 8.78 Å². The first-order valence-corrected chi connectivity index (χ1v) is 7.00. The van der Waals surface area contributed by atoms with Crippen LogP contribution in [0, 0.1) is 15.2 Å². The Kier molecular flexibility index (Phi) is 4.76. The number of hydrogen-bond acceptors (Lipinski definition) is 1. The van der Waals surface area contributed by atoms with Crippen molar-refractivity contribution in [2.75, 3.05) is 0 Å². The summed E-state index contributed by atoms with van der Waals surface area (Å²) in [4.78, 5) is 0. The number of halogens is 4. The standard InChI is InChI=1S/C14H10ClF2IO/c15-11-5-8(1-4-12(11)17)6-14(19)10-3-2-9(16)7-13(10)18/h1-5,7,14,19H,6H2. The minimum atomic E-state index is -0.783. The predicted molar refractivity (Wildman–Crippen MR) is 79.2 cm³/mol. The molecule has 1 unspecified atom stereocenters. The minimum Gasteiger partial charge on any atom is -0.388 e. The fraction of sp³-hybridized carbons (Fsp3) is 0.143. The van der Waals surface area contributed by atoms with E-state index in [4.69, 9.17) is 11.6 Å². The first-order valence-electron chi connectivity index (χ1n) is 5.54. The lowest BCUT2D eigenvalue weighted by atomic mass is 10.0. The Bertz CT molecular complexity index is 604. The van der Waals surface area contributed by atoms with Gasteiger partial charge in [0, 0.05) is 9.99 Å². The molecule has 0 saturated carbocycles. The first-order chi connectivity index (χ1) is 8.97. The van der Waals surface area contributed by atoms with E-state index < -0.39 is 11.9 Å². The fourth-order valence-electron chi connectivity index (χ4n) is 1.77. The lowest BCUT2D eigenvalue weighted by molar-refractivity contribution is 0.177. The van der Waals surface area contributed by atoms with Gasteiger partial charge in [0.15, 0.2) is 0 Å². The molecule has 100 valence electrons. The average Bonchev–Trinajstić information content (AvgIpc) is 2.33. The molecule has 0 aliphatic carbocycles. The molecular weight excluding hydrogens is 385 g/mol. The highest BCUT2D eigenvalue weighted by Gasteiger charge is 2.13. The number of aliphatic hydroxyl groups excluding tert-OH is 1. The molecule has 0 aliphatic rings. The van der Waals surface area contributed by atoms with Crippen molar-refractivity contribution < 1.29 is 13.9 Å². The Morgan fingerprint density at radius 2 is 1.89 bits per heavy atom. The van der Waals surface area contributed by atoms with Crippen molar-refractivity contribution in [2.45, 2.75) is 12.5 Å². The van der Waals surface area contributed by atoms with Crippen molar-refractivity contribution in [1.29, 1.82) is 0 Å². The summed E-state index contributed by atoms with van der Waals surface area (Å²) in [7, 11) is 0. The van der Waals surface area contributed by atoms with Gasteiger partial charge in [0.1, 0.15) is 11.6 Å². The largest absolute Gasteiger partial charge is 0.388 e. The van der Waals surface area contributed by atoms with Gasteiger partial charge in [-0.15, -0.1) is 0 Å². The van der Waals surface area contributed by atoms with E-state index in [0.29, 0.717) is 15.6 Å². The van der Waals surface area contributed by atoms with Gasteiger partial charge >= 0.3 is 0 Å². The molecule has 1 N–H and O–H groups in total. The van der Waals surface area contributed by atoms with E-state index in [1.807, 2.05) is 22.6 Å². The van der Waals surface area contributed by atoms with Gasteiger partial charge in [0.25, 0.3) is 0 Å². The highest BCUT2D eigenvalue weighted by molar-refractivity contribution is 14.1. The van der Waals surface area contributed by atoms with E-state index in [1.54, 1.807) is 12.1 Å². The highest BCUT2D eigenvalue weighted by Crippen LogP contribution is 2.25. The van der Waals surface area contributed by atoms with Crippen LogP contribution in [0.2, 0.25) is 5.02 Å². The number of hydrogen-bond donors (Lipinski definition) is 1. The zero-order chi connectivity index (χ0) is 14.0. The Morgan fingerprint density at radius 1 is 1.16 bits per heavy atom. The molecule has 0 bridgehead atoms. The average molecular weight is 395 g/mol. The molecule has 1 nitrogen and oxygen atoms in total. The van der Waals surface area contributed by atoms with Crippen LogP contribution in [0.15, 0.2) is 36.4 Å². The Labute approximate surface area is 128 Å². The maximum absolute atomic E-state index is 13.0. The highest BCUT2D eigenvalue weighted by atomic mass is 127. The summed E-state index contributed by atoms with van der Waals surface area (Å²) in [6.07, 6.45) is -0.490. The number of rotatable bonds is 3. The van der Waals surface area contributed by atoms with E-state index >= 15 is 0 Å². The van der Waals surface area contributed by atoms with Crippen LogP contribution < -0.4 is 0 Å². The number of aliphatic hydroxyl groups is 1. The smallest absolute Gasteiger partial charge is 0.141 e. The molecule has 0 heterocycles. The molecule has 5 heteroatoms. The molecular formula is C14H10ClF2IO. The molecule has 0 fully saturated rings. The van der Waals surface area contributed by atoms with Crippen LogP contribution in [-0.4, -0.2) is 5.11 Å². The van der Waals surface area contributed by atoms with Gasteiger partial charge in [-0.05, 0) is 58.0 Å². The van der Waals surface area contributed by atoms with Crippen molar-refractivity contribution in [3.8, 4) is 0 Å². The summed E-state index contributed by atoms with van der Waals surface area (Å²) in [6, 6.07) is 8.53. The monoisotopic (exact) mass is 394 g/mol. The molecule has 0 radical (unpaired) electrons. The van der Waals surface area contributed by atoms with Gasteiger partial charge in [-0.2, -0.15) is 0 Å². The molecule has 0 aromatic heterocycles. The van der Waals surface area contributed by atoms with Crippen molar-refractivity contribution in [3.63, 3.8) is 0 Å². The molecule has 0 saturated heterocycles. The molecule has 2 aromatic carbocycles.